The van der Waals surface area contributed by atoms with Gasteiger partial charge in [0.25, 0.3) is 0 Å². The fraction of sp³-hybridized carbons (Fsp3) is 0.536. The van der Waals surface area contributed by atoms with Crippen molar-refractivity contribution < 1.29 is 13.6 Å². The average Bonchev–Trinajstić information content (AvgIpc) is 3.03. The molecule has 0 N–H and O–H groups in total. The monoisotopic (exact) mass is 486 g/mol. The summed E-state index contributed by atoms with van der Waals surface area (Å²) >= 11 is 2.05. The van der Waals surface area contributed by atoms with Gasteiger partial charge in [-0.05, 0) is 104 Å². The number of anilines is 1. The largest absolute Gasteiger partial charge is 0.311 e. The van der Waals surface area contributed by atoms with E-state index in [4.69, 9.17) is 0 Å². The van der Waals surface area contributed by atoms with Crippen LogP contribution in [0.1, 0.15) is 62.5 Å². The molecule has 1 amide bonds. The maximum Gasteiger partial charge on any atom is 0.241 e. The Labute approximate surface area is 206 Å². The third-order valence-corrected chi connectivity index (χ3v) is 8.41. The number of hydrogen-bond donors (Lipinski definition) is 0. The lowest BCUT2D eigenvalue weighted by molar-refractivity contribution is -0.120. The van der Waals surface area contributed by atoms with E-state index >= 15 is 0 Å². The summed E-state index contributed by atoms with van der Waals surface area (Å²) in [7, 11) is 0. The molecule has 34 heavy (non-hydrogen) atoms. The minimum Gasteiger partial charge on any atom is -0.311 e. The van der Waals surface area contributed by atoms with Crippen LogP contribution in [-0.4, -0.2) is 48.5 Å². The molecule has 2 aliphatic rings. The molecule has 4 rings (SSSR count). The predicted molar refractivity (Wildman–Crippen MR) is 138 cm³/mol. The number of hydrogen-bond acceptors (Lipinski definition) is 3. The van der Waals surface area contributed by atoms with Crippen molar-refractivity contribution in [2.24, 2.45) is 5.92 Å². The second-order valence-corrected chi connectivity index (χ2v) is 10.8. The van der Waals surface area contributed by atoms with Crippen molar-refractivity contribution in [1.82, 2.24) is 4.90 Å². The Morgan fingerprint density at radius 3 is 2.44 bits per heavy atom. The highest BCUT2D eigenvalue weighted by Gasteiger charge is 2.29. The fourth-order valence-electron chi connectivity index (χ4n) is 5.28. The molecule has 3 nitrogen and oxygen atoms in total. The van der Waals surface area contributed by atoms with Crippen molar-refractivity contribution in [3.63, 3.8) is 0 Å². The Balaban J connectivity index is 1.42. The third kappa shape index (κ3) is 6.39. The summed E-state index contributed by atoms with van der Waals surface area (Å²) in [4.78, 5) is 17.5. The van der Waals surface area contributed by atoms with Crippen LogP contribution in [-0.2, 0) is 4.79 Å². The number of fused-ring (bicyclic) bond motifs is 1. The minimum atomic E-state index is -0.335. The van der Waals surface area contributed by atoms with Crippen molar-refractivity contribution in [3.05, 3.63) is 65.2 Å². The first kappa shape index (κ1) is 25.2. The normalized spacial score (nSPS) is 19.6. The van der Waals surface area contributed by atoms with E-state index in [1.165, 1.54) is 48.6 Å². The highest BCUT2D eigenvalue weighted by atomic mass is 32.2. The number of nitrogens with zero attached hydrogens (tertiary/aromatic N) is 2. The number of carbonyl (C=O) groups excluding carboxylic acids is 1. The van der Waals surface area contributed by atoms with Crippen LogP contribution in [0.15, 0.2) is 42.5 Å². The van der Waals surface area contributed by atoms with E-state index in [2.05, 4.69) is 11.8 Å². The number of rotatable bonds is 8. The molecule has 0 spiro atoms. The Bertz CT molecular complexity index is 944. The quantitative estimate of drug-likeness (QED) is 0.400. The van der Waals surface area contributed by atoms with Gasteiger partial charge in [0, 0.05) is 12.5 Å². The Morgan fingerprint density at radius 2 is 1.71 bits per heavy atom. The van der Waals surface area contributed by atoms with Crippen LogP contribution in [0.4, 0.5) is 14.5 Å². The van der Waals surface area contributed by atoms with Gasteiger partial charge in [-0.2, -0.15) is 11.8 Å². The zero-order chi connectivity index (χ0) is 23.9. The van der Waals surface area contributed by atoms with Crippen molar-refractivity contribution >= 4 is 23.4 Å². The highest BCUT2D eigenvalue weighted by Crippen LogP contribution is 2.39. The lowest BCUT2D eigenvalue weighted by Crippen LogP contribution is -2.44. The molecule has 0 aromatic heterocycles. The summed E-state index contributed by atoms with van der Waals surface area (Å²) in [6.07, 6.45) is 6.47. The summed E-state index contributed by atoms with van der Waals surface area (Å²) in [5.41, 5.74) is 2.62. The number of likely N-dealkylation sites (tertiary alicyclic amines) is 1. The maximum absolute atomic E-state index is 14.3. The zero-order valence-corrected chi connectivity index (χ0v) is 21.0. The van der Waals surface area contributed by atoms with E-state index in [1.807, 2.05) is 11.8 Å². The summed E-state index contributed by atoms with van der Waals surface area (Å²) in [6, 6.07) is 11.3. The van der Waals surface area contributed by atoms with Gasteiger partial charge in [0.15, 0.2) is 0 Å². The standard InChI is InChI=1S/C28H36F2N2OS/c1-2-17-34-18-13-21-11-15-31(16-12-21)20-28(33)32-14-3-4-25(22-5-7-23(29)8-6-22)26-10-9-24(30)19-27(26)32/h5-10,19,21,25H,2-4,11-18,20H2,1H3. The van der Waals surface area contributed by atoms with Gasteiger partial charge in [-0.25, -0.2) is 8.78 Å². The van der Waals surface area contributed by atoms with E-state index in [0.717, 1.165) is 55.8 Å². The summed E-state index contributed by atoms with van der Waals surface area (Å²) in [5, 5.41) is 0. The first-order chi connectivity index (χ1) is 16.5. The van der Waals surface area contributed by atoms with E-state index in [-0.39, 0.29) is 23.5 Å². The molecule has 184 valence electrons. The Hall–Kier alpha value is -1.92. The molecule has 1 saturated heterocycles. The van der Waals surface area contributed by atoms with E-state index in [1.54, 1.807) is 23.1 Å². The van der Waals surface area contributed by atoms with Crippen LogP contribution in [0.2, 0.25) is 0 Å². The first-order valence-electron chi connectivity index (χ1n) is 12.7. The second kappa shape index (κ2) is 12.2. The van der Waals surface area contributed by atoms with Gasteiger partial charge in [-0.15, -0.1) is 0 Å². The van der Waals surface area contributed by atoms with Gasteiger partial charge >= 0.3 is 0 Å². The number of thioether (sulfide) groups is 1. The molecular weight excluding hydrogens is 450 g/mol. The molecule has 0 bridgehead atoms. The van der Waals surface area contributed by atoms with Crippen LogP contribution in [0, 0.1) is 17.6 Å². The van der Waals surface area contributed by atoms with E-state index < -0.39 is 0 Å². The topological polar surface area (TPSA) is 23.6 Å². The number of amides is 1. The smallest absolute Gasteiger partial charge is 0.241 e. The number of halogens is 2. The molecule has 0 saturated carbocycles. The third-order valence-electron chi connectivity index (χ3n) is 7.19. The van der Waals surface area contributed by atoms with Crippen LogP contribution >= 0.6 is 11.8 Å². The van der Waals surface area contributed by atoms with Crippen molar-refractivity contribution in [1.29, 1.82) is 0 Å². The SMILES string of the molecule is CCCSCCC1CCN(CC(=O)N2CCCC(c3ccc(F)cc3)c3ccc(F)cc32)CC1. The lowest BCUT2D eigenvalue weighted by Gasteiger charge is -2.33. The molecule has 1 unspecified atom stereocenters. The van der Waals surface area contributed by atoms with Crippen LogP contribution in [0.3, 0.4) is 0 Å². The van der Waals surface area contributed by atoms with Crippen LogP contribution < -0.4 is 4.90 Å². The lowest BCUT2D eigenvalue weighted by atomic mass is 9.87. The number of carbonyl (C=O) groups is 1. The summed E-state index contributed by atoms with van der Waals surface area (Å²) in [6.45, 7) is 5.10. The van der Waals surface area contributed by atoms with Gasteiger partial charge in [-0.1, -0.05) is 25.1 Å². The molecular formula is C28H36F2N2OS. The van der Waals surface area contributed by atoms with Gasteiger partial charge in [0.1, 0.15) is 11.6 Å². The summed E-state index contributed by atoms with van der Waals surface area (Å²) in [5.74, 6) is 2.71. The first-order valence-corrected chi connectivity index (χ1v) is 13.9. The predicted octanol–water partition coefficient (Wildman–Crippen LogP) is 6.47. The maximum atomic E-state index is 14.3. The molecule has 2 aromatic rings. The molecule has 2 aliphatic heterocycles. The number of benzene rings is 2. The van der Waals surface area contributed by atoms with Crippen molar-refractivity contribution in [2.75, 3.05) is 42.6 Å². The zero-order valence-electron chi connectivity index (χ0n) is 20.1. The molecule has 1 fully saturated rings. The molecule has 2 aromatic carbocycles. The summed E-state index contributed by atoms with van der Waals surface area (Å²) < 4.78 is 27.8. The van der Waals surface area contributed by atoms with Crippen molar-refractivity contribution in [3.8, 4) is 0 Å². The van der Waals surface area contributed by atoms with Gasteiger partial charge in [0.05, 0.1) is 12.2 Å². The highest BCUT2D eigenvalue weighted by molar-refractivity contribution is 7.99. The minimum absolute atomic E-state index is 0.0234. The molecule has 0 aliphatic carbocycles. The Kier molecular flexibility index (Phi) is 9.01. The average molecular weight is 487 g/mol. The van der Waals surface area contributed by atoms with Crippen LogP contribution in [0.25, 0.3) is 0 Å². The number of piperidine rings is 1. The molecule has 6 heteroatoms. The van der Waals surface area contributed by atoms with Gasteiger partial charge < -0.3 is 4.90 Å². The molecule has 1 atom stereocenters. The van der Waals surface area contributed by atoms with Crippen LogP contribution in [0.5, 0.6) is 0 Å². The fourth-order valence-corrected chi connectivity index (χ4v) is 6.27. The second-order valence-electron chi connectivity index (χ2n) is 9.62. The Morgan fingerprint density at radius 1 is 0.971 bits per heavy atom. The van der Waals surface area contributed by atoms with Gasteiger partial charge in [0.2, 0.25) is 5.91 Å². The van der Waals surface area contributed by atoms with Crippen molar-refractivity contribution in [2.45, 2.75) is 51.4 Å². The molecule has 2 heterocycles. The van der Waals surface area contributed by atoms with E-state index in [9.17, 15) is 13.6 Å². The van der Waals surface area contributed by atoms with E-state index in [0.29, 0.717) is 18.8 Å². The van der Waals surface area contributed by atoms with Gasteiger partial charge in [-0.3, -0.25) is 9.69 Å². The molecule has 0 radical (unpaired) electrons.